The number of hydrogen-bond acceptors (Lipinski definition) is 18. The summed E-state index contributed by atoms with van der Waals surface area (Å²) in [5, 5.41) is 121. The summed E-state index contributed by atoms with van der Waals surface area (Å²) >= 11 is 0. The van der Waals surface area contributed by atoms with Crippen molar-refractivity contribution in [2.24, 2.45) is 0 Å². The van der Waals surface area contributed by atoms with Crippen LogP contribution >= 0.6 is 0 Å². The Hall–Kier alpha value is -2.25. The first-order chi connectivity index (χ1) is 47.3. The molecule has 0 aliphatic carbocycles. The van der Waals surface area contributed by atoms with Crippen LogP contribution in [-0.2, 0) is 33.2 Å². The van der Waals surface area contributed by atoms with Gasteiger partial charge in [0.1, 0.15) is 73.2 Å². The van der Waals surface area contributed by atoms with Gasteiger partial charge in [-0.2, -0.15) is 0 Å². The number of carbonyl (C=O) groups excluding carboxylic acids is 1. The highest BCUT2D eigenvalue weighted by Crippen LogP contribution is 2.33. The molecule has 19 nitrogen and oxygen atoms in total. The van der Waals surface area contributed by atoms with Crippen LogP contribution in [-0.4, -0.2) is 193 Å². The lowest BCUT2D eigenvalue weighted by Crippen LogP contribution is -2.66. The van der Waals surface area contributed by atoms with Gasteiger partial charge in [-0.25, -0.2) is 0 Å². The monoisotopic (exact) mass is 1380 g/mol. The van der Waals surface area contributed by atoms with Crippen LogP contribution in [0, 0.1) is 0 Å². The van der Waals surface area contributed by atoms with E-state index in [1.165, 1.54) is 199 Å². The van der Waals surface area contributed by atoms with Crippen molar-refractivity contribution in [3.05, 3.63) is 48.6 Å². The molecular weight excluding hydrogens is 1240 g/mol. The van der Waals surface area contributed by atoms with Crippen LogP contribution in [0.4, 0.5) is 0 Å². The molecule has 19 heteroatoms. The molecule has 1 amide bonds. The van der Waals surface area contributed by atoms with E-state index in [4.69, 9.17) is 28.4 Å². The van der Waals surface area contributed by atoms with E-state index in [0.29, 0.717) is 12.8 Å². The minimum absolute atomic E-state index is 0.245. The van der Waals surface area contributed by atoms with Gasteiger partial charge in [-0.15, -0.1) is 0 Å². The van der Waals surface area contributed by atoms with E-state index in [-0.39, 0.29) is 18.9 Å². The molecule has 3 aliphatic heterocycles. The van der Waals surface area contributed by atoms with Crippen molar-refractivity contribution < 1.29 is 89.4 Å². The highest BCUT2D eigenvalue weighted by molar-refractivity contribution is 5.76. The Labute approximate surface area is 586 Å². The number of rotatable bonds is 62. The first-order valence-corrected chi connectivity index (χ1v) is 39.4. The van der Waals surface area contributed by atoms with Crippen LogP contribution < -0.4 is 5.32 Å². The molecule has 3 saturated heterocycles. The summed E-state index contributed by atoms with van der Waals surface area (Å²) in [5.41, 5.74) is 0. The number of allylic oxidation sites excluding steroid dienone is 8. The van der Waals surface area contributed by atoms with Gasteiger partial charge in [0.25, 0.3) is 0 Å². The van der Waals surface area contributed by atoms with Gasteiger partial charge in [-0.1, -0.05) is 300 Å². The Kier molecular flexibility index (Phi) is 54.3. The van der Waals surface area contributed by atoms with E-state index in [1.54, 1.807) is 0 Å². The molecule has 3 fully saturated rings. The summed E-state index contributed by atoms with van der Waals surface area (Å²) in [6.07, 6.45) is 46.2. The molecule has 3 heterocycles. The quantitative estimate of drug-likeness (QED) is 0.0199. The number of carbonyl (C=O) groups is 1. The molecule has 0 saturated carbocycles. The summed E-state index contributed by atoms with van der Waals surface area (Å²) < 4.78 is 34.5. The van der Waals surface area contributed by atoms with Crippen LogP contribution in [0.25, 0.3) is 0 Å². The first kappa shape index (κ1) is 89.0. The highest BCUT2D eigenvalue weighted by atomic mass is 16.8. The van der Waals surface area contributed by atoms with Gasteiger partial charge in [0, 0.05) is 6.42 Å². The maximum atomic E-state index is 13.5. The fourth-order valence-corrected chi connectivity index (χ4v) is 13.4. The molecular formula is C78H143NO18. The van der Waals surface area contributed by atoms with Crippen molar-refractivity contribution in [1.29, 1.82) is 0 Å². The SMILES string of the molecule is CC/C=C\C/C=C\C/C=C\C/C=C\CCCCCCCCCCCCC(=O)NC(COC1OC(CO)C(OC2OC(CO)C(OC3OC(CO)C(O)C(O)C3O)C(O)C2O)C(O)C1O)C(O)CCCCCCCCCCCCCCCCCCCCCCCCCCCCCCC. The predicted octanol–water partition coefficient (Wildman–Crippen LogP) is 12.5. The minimum atomic E-state index is -1.97. The Morgan fingerprint density at radius 1 is 0.381 bits per heavy atom. The fourth-order valence-electron chi connectivity index (χ4n) is 13.4. The van der Waals surface area contributed by atoms with Gasteiger partial charge in [0.2, 0.25) is 5.91 Å². The largest absolute Gasteiger partial charge is 0.394 e. The fraction of sp³-hybridized carbons (Fsp3) is 0.885. The summed E-state index contributed by atoms with van der Waals surface area (Å²) in [4.78, 5) is 13.5. The Balaban J connectivity index is 1.38. The smallest absolute Gasteiger partial charge is 0.220 e. The van der Waals surface area contributed by atoms with Crippen molar-refractivity contribution in [1.82, 2.24) is 5.32 Å². The van der Waals surface area contributed by atoms with Crippen molar-refractivity contribution in [2.75, 3.05) is 26.4 Å². The molecule has 97 heavy (non-hydrogen) atoms. The molecule has 3 rings (SSSR count). The number of nitrogens with one attached hydrogen (secondary N) is 1. The number of unbranched alkanes of at least 4 members (excludes halogenated alkanes) is 38. The summed E-state index contributed by atoms with van der Waals surface area (Å²) in [6.45, 7) is 1.72. The van der Waals surface area contributed by atoms with Crippen LogP contribution in [0.3, 0.4) is 0 Å². The molecule has 17 unspecified atom stereocenters. The third-order valence-corrected chi connectivity index (χ3v) is 19.7. The Morgan fingerprint density at radius 2 is 0.711 bits per heavy atom. The lowest BCUT2D eigenvalue weighted by molar-refractivity contribution is -0.379. The molecule has 17 atom stereocenters. The average Bonchev–Trinajstić information content (AvgIpc) is 0.826. The zero-order chi connectivity index (χ0) is 70.4. The maximum Gasteiger partial charge on any atom is 0.220 e. The molecule has 0 radical (unpaired) electrons. The standard InChI is InChI=1S/C78H143NO18/c1-3-5-7-9-11-13-15-17-19-21-23-25-27-28-29-30-31-32-34-35-37-39-41-43-45-47-49-51-53-55-62(83)61(79-66(84)56-54-52-50-48-46-44-42-40-38-36-33-26-24-22-20-18-16-14-12-10-8-6-4-2)60-92-76-72(90)69(87)74(64(58-81)94-76)97-78-73(91)70(88)75(65(59-82)95-78)96-77-71(89)68(86)67(85)63(57-80)93-77/h6,8,12,14,18,20,24,26,61-65,67-78,80-83,85-91H,3-5,7,9-11,13,15-17,19,21-23,25,27-60H2,1-2H3,(H,79,84)/b8-6-,14-12-,20-18-,26-24-. The topological polar surface area (TPSA) is 307 Å². The first-order valence-electron chi connectivity index (χ1n) is 39.4. The Morgan fingerprint density at radius 3 is 1.11 bits per heavy atom. The van der Waals surface area contributed by atoms with Gasteiger partial charge in [0.05, 0.1) is 38.6 Å². The van der Waals surface area contributed by atoms with E-state index in [0.717, 1.165) is 77.0 Å². The van der Waals surface area contributed by atoms with Crippen molar-refractivity contribution >= 4 is 5.91 Å². The number of aliphatic hydroxyl groups is 11. The summed E-state index contributed by atoms with van der Waals surface area (Å²) in [5.74, 6) is -0.245. The second-order valence-electron chi connectivity index (χ2n) is 28.2. The zero-order valence-corrected chi connectivity index (χ0v) is 60.6. The third kappa shape index (κ3) is 39.8. The van der Waals surface area contributed by atoms with Gasteiger partial charge >= 0.3 is 0 Å². The second kappa shape index (κ2) is 59.2. The van der Waals surface area contributed by atoms with E-state index in [9.17, 15) is 61.0 Å². The lowest BCUT2D eigenvalue weighted by Gasteiger charge is -2.48. The lowest BCUT2D eigenvalue weighted by atomic mass is 9.96. The maximum absolute atomic E-state index is 13.5. The van der Waals surface area contributed by atoms with Crippen LogP contribution in [0.5, 0.6) is 0 Å². The van der Waals surface area contributed by atoms with E-state index >= 15 is 0 Å². The summed E-state index contributed by atoms with van der Waals surface area (Å²) in [7, 11) is 0. The number of ether oxygens (including phenoxy) is 6. The van der Waals surface area contributed by atoms with Crippen LogP contribution in [0.1, 0.15) is 309 Å². The van der Waals surface area contributed by atoms with Gasteiger partial charge in [-0.3, -0.25) is 4.79 Å². The molecule has 0 aromatic carbocycles. The second-order valence-corrected chi connectivity index (χ2v) is 28.2. The predicted molar refractivity (Wildman–Crippen MR) is 383 cm³/mol. The number of amides is 1. The highest BCUT2D eigenvalue weighted by Gasteiger charge is 2.54. The van der Waals surface area contributed by atoms with Gasteiger partial charge < -0.3 is 89.9 Å². The molecule has 3 aliphatic rings. The van der Waals surface area contributed by atoms with E-state index in [1.807, 2.05) is 0 Å². The molecule has 568 valence electrons. The van der Waals surface area contributed by atoms with Crippen LogP contribution in [0.2, 0.25) is 0 Å². The van der Waals surface area contributed by atoms with Crippen molar-refractivity contribution in [2.45, 2.75) is 413 Å². The van der Waals surface area contributed by atoms with Crippen molar-refractivity contribution in [3.63, 3.8) is 0 Å². The summed E-state index contributed by atoms with van der Waals surface area (Å²) in [6, 6.07) is -0.893. The number of aliphatic hydroxyl groups excluding tert-OH is 11. The van der Waals surface area contributed by atoms with Crippen molar-refractivity contribution in [3.8, 4) is 0 Å². The van der Waals surface area contributed by atoms with Gasteiger partial charge in [0.15, 0.2) is 18.9 Å². The molecule has 0 aromatic heterocycles. The molecule has 0 spiro atoms. The average molecular weight is 1380 g/mol. The number of hydrogen-bond donors (Lipinski definition) is 12. The Bertz CT molecular complexity index is 1940. The van der Waals surface area contributed by atoms with E-state index < -0.39 is 124 Å². The normalized spacial score (nSPS) is 27.1. The molecule has 12 N–H and O–H groups in total. The minimum Gasteiger partial charge on any atom is -0.394 e. The molecule has 0 aromatic rings. The van der Waals surface area contributed by atoms with E-state index in [2.05, 4.69) is 67.8 Å². The van der Waals surface area contributed by atoms with Gasteiger partial charge in [-0.05, 0) is 51.4 Å². The zero-order valence-electron chi connectivity index (χ0n) is 60.6. The van der Waals surface area contributed by atoms with Crippen LogP contribution in [0.15, 0.2) is 48.6 Å². The molecule has 0 bridgehead atoms. The third-order valence-electron chi connectivity index (χ3n) is 19.7.